The zero-order valence-corrected chi connectivity index (χ0v) is 15.3. The second-order valence-electron chi connectivity index (χ2n) is 7.20. The van der Waals surface area contributed by atoms with Crippen molar-refractivity contribution < 1.29 is 9.59 Å². The van der Waals surface area contributed by atoms with Crippen LogP contribution in [0.4, 0.5) is 5.69 Å². The zero-order chi connectivity index (χ0) is 18.7. The molecular weight excluding hydrogens is 344 g/mol. The number of para-hydroxylation sites is 1. The van der Waals surface area contributed by atoms with E-state index in [0.29, 0.717) is 25.9 Å². The molecule has 8 nitrogen and oxygen atoms in total. The number of anilines is 1. The molecule has 3 heterocycles. The Hall–Kier alpha value is -2.90. The van der Waals surface area contributed by atoms with Crippen molar-refractivity contribution >= 4 is 17.5 Å². The number of likely N-dealkylation sites (tertiary alicyclic amines) is 2. The molecule has 27 heavy (non-hydrogen) atoms. The molecule has 1 aromatic carbocycles. The fourth-order valence-corrected chi connectivity index (χ4v) is 3.71. The molecule has 1 aromatic heterocycles. The largest absolute Gasteiger partial charge is 0.371 e. The van der Waals surface area contributed by atoms with Gasteiger partial charge in [-0.15, -0.1) is 5.10 Å². The summed E-state index contributed by atoms with van der Waals surface area (Å²) in [7, 11) is 0. The molecule has 2 saturated heterocycles. The maximum Gasteiger partial charge on any atom is 0.248 e. The lowest BCUT2D eigenvalue weighted by Crippen LogP contribution is -2.62. The van der Waals surface area contributed by atoms with Crippen LogP contribution in [-0.2, 0) is 16.1 Å². The fraction of sp³-hybridized carbons (Fsp3) is 0.474. The first-order valence-electron chi connectivity index (χ1n) is 9.41. The van der Waals surface area contributed by atoms with Crippen molar-refractivity contribution in [3.63, 3.8) is 0 Å². The van der Waals surface area contributed by atoms with Gasteiger partial charge in [-0.2, -0.15) is 0 Å². The van der Waals surface area contributed by atoms with E-state index in [1.165, 1.54) is 4.68 Å². The molecule has 0 bridgehead atoms. The number of aromatic nitrogens is 3. The third kappa shape index (κ3) is 3.65. The summed E-state index contributed by atoms with van der Waals surface area (Å²) < 4.78 is 1.53. The van der Waals surface area contributed by atoms with Gasteiger partial charge in [0.1, 0.15) is 12.1 Å². The van der Waals surface area contributed by atoms with Crippen LogP contribution in [0, 0.1) is 0 Å². The average molecular weight is 368 g/mol. The van der Waals surface area contributed by atoms with Gasteiger partial charge in [-0.3, -0.25) is 9.59 Å². The van der Waals surface area contributed by atoms with Crippen LogP contribution in [-0.4, -0.2) is 68.3 Å². The Morgan fingerprint density at radius 2 is 1.78 bits per heavy atom. The lowest BCUT2D eigenvalue weighted by molar-refractivity contribution is -0.144. The van der Waals surface area contributed by atoms with E-state index in [-0.39, 0.29) is 18.4 Å². The lowest BCUT2D eigenvalue weighted by Gasteiger charge is -2.46. The highest BCUT2D eigenvalue weighted by molar-refractivity contribution is 5.90. The third-order valence-corrected chi connectivity index (χ3v) is 5.45. The molecule has 4 rings (SSSR count). The van der Waals surface area contributed by atoms with Crippen molar-refractivity contribution in [3.8, 4) is 0 Å². The lowest BCUT2D eigenvalue weighted by atomic mass is 9.84. The average Bonchev–Trinajstić information content (AvgIpc) is 3.14. The molecular formula is C19H24N6O2. The van der Waals surface area contributed by atoms with Gasteiger partial charge in [-0.05, 0) is 31.4 Å². The van der Waals surface area contributed by atoms with Crippen LogP contribution >= 0.6 is 0 Å². The van der Waals surface area contributed by atoms with Crippen LogP contribution in [0.1, 0.15) is 19.3 Å². The molecule has 2 aromatic rings. The number of benzene rings is 1. The first kappa shape index (κ1) is 17.5. The normalized spacial score (nSPS) is 18.7. The first-order chi connectivity index (χ1) is 13.2. The smallest absolute Gasteiger partial charge is 0.248 e. The molecule has 0 radical (unpaired) electrons. The number of hydrogen-bond acceptors (Lipinski definition) is 5. The molecule has 0 atom stereocenters. The maximum absolute atomic E-state index is 13.2. The standard InChI is InChI=1S/C19H24N6O2/c26-17(15-25-14-9-20-22-25)23-12-7-19(8-13-23,18(27)24-10-4-11-24)21-16-5-2-1-3-6-16/h1-3,5-6,9,14,21H,4,7-8,10-13,15H2. The molecule has 0 unspecified atom stereocenters. The Morgan fingerprint density at radius 1 is 1.04 bits per heavy atom. The van der Waals surface area contributed by atoms with Gasteiger partial charge in [-0.1, -0.05) is 23.4 Å². The van der Waals surface area contributed by atoms with Gasteiger partial charge >= 0.3 is 0 Å². The number of amides is 2. The fourth-order valence-electron chi connectivity index (χ4n) is 3.71. The number of nitrogens with zero attached hydrogens (tertiary/aromatic N) is 5. The van der Waals surface area contributed by atoms with E-state index in [1.54, 1.807) is 12.4 Å². The highest BCUT2D eigenvalue weighted by Gasteiger charge is 2.45. The summed E-state index contributed by atoms with van der Waals surface area (Å²) in [5, 5.41) is 11.1. The number of rotatable bonds is 5. The van der Waals surface area contributed by atoms with Gasteiger partial charge in [0, 0.05) is 38.1 Å². The van der Waals surface area contributed by atoms with Gasteiger partial charge in [-0.25, -0.2) is 4.68 Å². The Bertz CT molecular complexity index is 780. The summed E-state index contributed by atoms with van der Waals surface area (Å²) in [5.74, 6) is 0.159. The summed E-state index contributed by atoms with van der Waals surface area (Å²) in [6.07, 6.45) is 5.50. The molecule has 142 valence electrons. The monoisotopic (exact) mass is 368 g/mol. The van der Waals surface area contributed by atoms with Gasteiger partial charge in [0.25, 0.3) is 0 Å². The highest BCUT2D eigenvalue weighted by Crippen LogP contribution is 2.31. The van der Waals surface area contributed by atoms with Gasteiger partial charge in [0.05, 0.1) is 6.20 Å². The number of carbonyl (C=O) groups is 2. The van der Waals surface area contributed by atoms with Gasteiger partial charge < -0.3 is 15.1 Å². The molecule has 0 spiro atoms. The number of piperidine rings is 1. The molecule has 1 N–H and O–H groups in total. The van der Waals surface area contributed by atoms with Gasteiger partial charge in [0.15, 0.2) is 0 Å². The molecule has 2 aliphatic heterocycles. The predicted octanol–water partition coefficient (Wildman–Crippen LogP) is 0.984. The Morgan fingerprint density at radius 3 is 2.37 bits per heavy atom. The summed E-state index contributed by atoms with van der Waals surface area (Å²) >= 11 is 0. The van der Waals surface area contributed by atoms with E-state index in [9.17, 15) is 9.59 Å². The first-order valence-corrected chi connectivity index (χ1v) is 9.41. The van der Waals surface area contributed by atoms with E-state index < -0.39 is 5.54 Å². The topological polar surface area (TPSA) is 83.4 Å². The molecule has 0 aliphatic carbocycles. The minimum absolute atomic E-state index is 0.00482. The summed E-state index contributed by atoms with van der Waals surface area (Å²) in [5.41, 5.74) is 0.292. The van der Waals surface area contributed by atoms with Crippen molar-refractivity contribution in [2.75, 3.05) is 31.5 Å². The summed E-state index contributed by atoms with van der Waals surface area (Å²) in [6.45, 7) is 2.93. The van der Waals surface area contributed by atoms with Crippen LogP contribution in [0.3, 0.4) is 0 Å². The van der Waals surface area contributed by atoms with Crippen molar-refractivity contribution in [2.24, 2.45) is 0 Å². The van der Waals surface area contributed by atoms with Crippen LogP contribution in [0.25, 0.3) is 0 Å². The second-order valence-corrected chi connectivity index (χ2v) is 7.20. The molecule has 2 amide bonds. The number of hydrogen-bond donors (Lipinski definition) is 1. The maximum atomic E-state index is 13.2. The number of nitrogens with one attached hydrogen (secondary N) is 1. The zero-order valence-electron chi connectivity index (χ0n) is 15.3. The molecule has 8 heteroatoms. The Labute approximate surface area is 158 Å². The minimum atomic E-state index is -0.647. The predicted molar refractivity (Wildman–Crippen MR) is 99.8 cm³/mol. The SMILES string of the molecule is O=C(Cn1ccnn1)N1CCC(Nc2ccccc2)(C(=O)N2CCC2)CC1. The molecule has 0 saturated carbocycles. The summed E-state index contributed by atoms with van der Waals surface area (Å²) in [6, 6.07) is 9.84. The Kier molecular flexibility index (Phi) is 4.79. The quantitative estimate of drug-likeness (QED) is 0.851. The number of carbonyl (C=O) groups excluding carboxylic acids is 2. The molecule has 2 aliphatic rings. The Balaban J connectivity index is 1.46. The van der Waals surface area contributed by atoms with Crippen LogP contribution < -0.4 is 5.32 Å². The highest BCUT2D eigenvalue weighted by atomic mass is 16.2. The van der Waals surface area contributed by atoms with Crippen LogP contribution in [0.5, 0.6) is 0 Å². The van der Waals surface area contributed by atoms with E-state index in [4.69, 9.17) is 0 Å². The van der Waals surface area contributed by atoms with Crippen LogP contribution in [0.15, 0.2) is 42.7 Å². The van der Waals surface area contributed by atoms with E-state index in [0.717, 1.165) is 25.2 Å². The van der Waals surface area contributed by atoms with Crippen LogP contribution in [0.2, 0.25) is 0 Å². The van der Waals surface area contributed by atoms with E-state index in [2.05, 4.69) is 15.6 Å². The van der Waals surface area contributed by atoms with E-state index >= 15 is 0 Å². The van der Waals surface area contributed by atoms with E-state index in [1.807, 2.05) is 40.1 Å². The minimum Gasteiger partial charge on any atom is -0.371 e. The van der Waals surface area contributed by atoms with Crippen molar-refractivity contribution in [1.29, 1.82) is 0 Å². The second kappa shape index (κ2) is 7.38. The third-order valence-electron chi connectivity index (χ3n) is 5.45. The molecule has 2 fully saturated rings. The van der Waals surface area contributed by atoms with Crippen molar-refractivity contribution in [1.82, 2.24) is 24.8 Å². The van der Waals surface area contributed by atoms with Gasteiger partial charge in [0.2, 0.25) is 11.8 Å². The van der Waals surface area contributed by atoms with Crippen molar-refractivity contribution in [2.45, 2.75) is 31.3 Å². The summed E-state index contributed by atoms with van der Waals surface area (Å²) in [4.78, 5) is 29.4. The van der Waals surface area contributed by atoms with Crippen molar-refractivity contribution in [3.05, 3.63) is 42.7 Å².